The van der Waals surface area contributed by atoms with Gasteiger partial charge >= 0.3 is 59.1 Å². The standard InChI is InChI=1S/C15H14N4O8S2.2Na/c1-3-19-14(20)10(7-16)8(2)13(15(19)21)18-17-11-5-4-9(28(22,23)24)6-12(11)29(25,26)27;;/h4-6,20H,3H2,1-2H3,(H,22,23,24)(H,25,26,27);;/q;2*+1/p-2. The summed E-state index contributed by atoms with van der Waals surface area (Å²) in [7, 11) is -10.3. The Bertz CT molecular complexity index is 1350. The van der Waals surface area contributed by atoms with Gasteiger partial charge in [-0.25, -0.2) is 16.8 Å². The van der Waals surface area contributed by atoms with Gasteiger partial charge in [0.25, 0.3) is 5.56 Å². The minimum atomic E-state index is -5.26. The van der Waals surface area contributed by atoms with Gasteiger partial charge < -0.3 is 14.2 Å². The molecular weight excluding hydrogens is 474 g/mol. The van der Waals surface area contributed by atoms with Gasteiger partial charge in [-0.15, -0.1) is 10.2 Å². The number of pyridine rings is 1. The van der Waals surface area contributed by atoms with Crippen LogP contribution < -0.4 is 64.7 Å². The Balaban J connectivity index is 0.00000450. The molecule has 1 heterocycles. The van der Waals surface area contributed by atoms with Crippen molar-refractivity contribution >= 4 is 31.6 Å². The number of benzene rings is 1. The fourth-order valence-electron chi connectivity index (χ4n) is 2.39. The molecule has 1 aromatic carbocycles. The molecule has 0 bridgehead atoms. The first-order valence-corrected chi connectivity index (χ1v) is 10.5. The van der Waals surface area contributed by atoms with Crippen molar-refractivity contribution in [2.45, 2.75) is 30.2 Å². The molecule has 1 aromatic heterocycles. The molecule has 0 aliphatic carbocycles. The second-order valence-electron chi connectivity index (χ2n) is 5.57. The second kappa shape index (κ2) is 11.1. The van der Waals surface area contributed by atoms with Crippen LogP contribution in [0.5, 0.6) is 5.88 Å². The predicted molar refractivity (Wildman–Crippen MR) is 94.0 cm³/mol. The minimum Gasteiger partial charge on any atom is -0.744 e. The third-order valence-electron chi connectivity index (χ3n) is 3.83. The molecule has 0 saturated heterocycles. The Morgan fingerprint density at radius 1 is 1.13 bits per heavy atom. The number of aromatic nitrogens is 1. The van der Waals surface area contributed by atoms with E-state index in [-0.39, 0.29) is 76.8 Å². The first-order chi connectivity index (χ1) is 13.3. The van der Waals surface area contributed by atoms with E-state index >= 15 is 0 Å². The molecule has 154 valence electrons. The fourth-order valence-corrected chi connectivity index (χ4v) is 3.59. The topological polar surface area (TPSA) is 205 Å². The SMILES string of the molecule is CCn1c(O)c(C#N)c(C)c(N=Nc2ccc(S(=O)(=O)[O-])cc2S(=O)(=O)[O-])c1=O.[Na+].[Na+]. The number of rotatable bonds is 5. The van der Waals surface area contributed by atoms with E-state index in [1.54, 1.807) is 6.07 Å². The predicted octanol–water partition coefficient (Wildman–Crippen LogP) is -5.01. The summed E-state index contributed by atoms with van der Waals surface area (Å²) in [4.78, 5) is 10.3. The quantitative estimate of drug-likeness (QED) is 0.244. The fraction of sp³-hybridized carbons (Fsp3) is 0.200. The van der Waals surface area contributed by atoms with Crippen molar-refractivity contribution < 1.29 is 90.2 Å². The third kappa shape index (κ3) is 6.45. The smallest absolute Gasteiger partial charge is 0.744 e. The van der Waals surface area contributed by atoms with Crippen LogP contribution in [0.15, 0.2) is 43.0 Å². The zero-order chi connectivity index (χ0) is 22.1. The number of nitrogens with zero attached hydrogens (tertiary/aromatic N) is 4. The van der Waals surface area contributed by atoms with Gasteiger partial charge in [0.2, 0.25) is 5.88 Å². The van der Waals surface area contributed by atoms with E-state index in [4.69, 9.17) is 0 Å². The first-order valence-electron chi connectivity index (χ1n) is 7.67. The maximum atomic E-state index is 12.4. The van der Waals surface area contributed by atoms with Crippen LogP contribution in [0.4, 0.5) is 11.4 Å². The number of aromatic hydroxyl groups is 1. The average molecular weight is 486 g/mol. The van der Waals surface area contributed by atoms with Crippen LogP contribution in [0, 0.1) is 18.3 Å². The maximum absolute atomic E-state index is 12.4. The Labute approximate surface area is 221 Å². The summed E-state index contributed by atoms with van der Waals surface area (Å²) in [5.41, 5.74) is -2.18. The first kappa shape index (κ1) is 29.9. The zero-order valence-corrected chi connectivity index (χ0v) is 22.5. The van der Waals surface area contributed by atoms with Gasteiger partial charge in [-0.2, -0.15) is 5.26 Å². The van der Waals surface area contributed by atoms with Gasteiger partial charge in [0.05, 0.1) is 9.79 Å². The summed E-state index contributed by atoms with van der Waals surface area (Å²) in [5, 5.41) is 26.3. The second-order valence-corrected chi connectivity index (χ2v) is 8.30. The van der Waals surface area contributed by atoms with Crippen molar-refractivity contribution in [3.63, 3.8) is 0 Å². The van der Waals surface area contributed by atoms with Gasteiger partial charge in [-0.05, 0) is 32.0 Å². The molecule has 12 nitrogen and oxygen atoms in total. The molecule has 31 heavy (non-hydrogen) atoms. The van der Waals surface area contributed by atoms with E-state index < -0.39 is 52.8 Å². The minimum absolute atomic E-state index is 0. The molecule has 0 amide bonds. The number of hydrogen-bond donors (Lipinski definition) is 1. The van der Waals surface area contributed by atoms with E-state index in [0.29, 0.717) is 6.07 Å². The van der Waals surface area contributed by atoms with Gasteiger partial charge in [0.15, 0.2) is 5.69 Å². The molecule has 0 saturated carbocycles. The molecule has 16 heteroatoms. The van der Waals surface area contributed by atoms with Crippen molar-refractivity contribution in [3.05, 3.63) is 39.7 Å². The van der Waals surface area contributed by atoms with E-state index in [2.05, 4.69) is 10.2 Å². The summed E-state index contributed by atoms with van der Waals surface area (Å²) in [6.07, 6.45) is 0. The van der Waals surface area contributed by atoms with Crippen LogP contribution in [-0.2, 0) is 26.8 Å². The normalized spacial score (nSPS) is 11.5. The van der Waals surface area contributed by atoms with Crippen LogP contribution in [0.25, 0.3) is 0 Å². The van der Waals surface area contributed by atoms with Crippen LogP contribution in [0.2, 0.25) is 0 Å². The molecular formula is C15H12N4Na2O8S2. The molecule has 2 aromatic rings. The number of nitriles is 1. The zero-order valence-electron chi connectivity index (χ0n) is 16.8. The largest absolute Gasteiger partial charge is 1.00 e. The van der Waals surface area contributed by atoms with Crippen LogP contribution in [0.3, 0.4) is 0 Å². The molecule has 0 fully saturated rings. The molecule has 2 rings (SSSR count). The maximum Gasteiger partial charge on any atom is 1.00 e. The van der Waals surface area contributed by atoms with Gasteiger partial charge in [-0.3, -0.25) is 9.36 Å². The monoisotopic (exact) mass is 486 g/mol. The summed E-state index contributed by atoms with van der Waals surface area (Å²) < 4.78 is 68.3. The van der Waals surface area contributed by atoms with Gasteiger partial charge in [-0.1, -0.05) is 0 Å². The summed E-state index contributed by atoms with van der Waals surface area (Å²) in [6, 6.07) is 3.53. The Morgan fingerprint density at radius 3 is 2.16 bits per heavy atom. The van der Waals surface area contributed by atoms with E-state index in [1.807, 2.05) is 0 Å². The molecule has 0 unspecified atom stereocenters. The number of hydrogen-bond acceptors (Lipinski definition) is 11. The molecule has 0 aliphatic rings. The average Bonchev–Trinajstić information content (AvgIpc) is 2.60. The van der Waals surface area contributed by atoms with Crippen molar-refractivity contribution in [2.24, 2.45) is 10.2 Å². The summed E-state index contributed by atoms with van der Waals surface area (Å²) in [6.45, 7) is 2.80. The van der Waals surface area contributed by atoms with Crippen LogP contribution in [0.1, 0.15) is 18.1 Å². The van der Waals surface area contributed by atoms with Crippen molar-refractivity contribution in [3.8, 4) is 11.9 Å². The van der Waals surface area contributed by atoms with E-state index in [9.17, 15) is 41.1 Å². The molecule has 0 atom stereocenters. The Morgan fingerprint density at radius 2 is 1.71 bits per heavy atom. The summed E-state index contributed by atoms with van der Waals surface area (Å²) >= 11 is 0. The van der Waals surface area contributed by atoms with Crippen LogP contribution >= 0.6 is 0 Å². The Kier molecular flexibility index (Phi) is 10.7. The summed E-state index contributed by atoms with van der Waals surface area (Å²) in [5.74, 6) is -0.579. The Hall–Kier alpha value is -1.12. The molecule has 0 spiro atoms. The van der Waals surface area contributed by atoms with E-state index in [0.717, 1.165) is 16.7 Å². The molecule has 0 radical (unpaired) electrons. The number of azo groups is 1. The van der Waals surface area contributed by atoms with Crippen molar-refractivity contribution in [1.29, 1.82) is 5.26 Å². The van der Waals surface area contributed by atoms with Gasteiger partial charge in [0.1, 0.15) is 37.6 Å². The van der Waals surface area contributed by atoms with Crippen LogP contribution in [-0.4, -0.2) is 35.6 Å². The van der Waals surface area contributed by atoms with Crippen molar-refractivity contribution in [1.82, 2.24) is 4.57 Å². The van der Waals surface area contributed by atoms with Crippen molar-refractivity contribution in [2.75, 3.05) is 0 Å². The molecule has 1 N–H and O–H groups in total. The third-order valence-corrected chi connectivity index (χ3v) is 5.53. The van der Waals surface area contributed by atoms with Gasteiger partial charge in [0, 0.05) is 12.1 Å². The molecule has 0 aliphatic heterocycles. The van der Waals surface area contributed by atoms with E-state index in [1.165, 1.54) is 13.8 Å².